The zero-order valence-electron chi connectivity index (χ0n) is 11.6. The van der Waals surface area contributed by atoms with Crippen molar-refractivity contribution in [3.8, 4) is 6.07 Å². The third-order valence-corrected chi connectivity index (χ3v) is 3.78. The largest absolute Gasteiger partial charge is 0.402 e. The van der Waals surface area contributed by atoms with Crippen molar-refractivity contribution in [2.75, 3.05) is 0 Å². The van der Waals surface area contributed by atoms with Gasteiger partial charge in [0.05, 0.1) is 11.8 Å². The van der Waals surface area contributed by atoms with E-state index in [9.17, 15) is 0 Å². The molecule has 1 aliphatic carbocycles. The summed E-state index contributed by atoms with van der Waals surface area (Å²) < 4.78 is 0. The number of hydrogen-bond acceptors (Lipinski definition) is 3. The highest BCUT2D eigenvalue weighted by molar-refractivity contribution is 6.30. The number of hydrogen-bond donors (Lipinski definition) is 1. The third-order valence-electron chi connectivity index (χ3n) is 3.54. The Hall–Kier alpha value is -1.79. The summed E-state index contributed by atoms with van der Waals surface area (Å²) >= 11 is 5.99. The summed E-state index contributed by atoms with van der Waals surface area (Å²) in [7, 11) is 0. The molecule has 20 heavy (non-hydrogen) atoms. The van der Waals surface area contributed by atoms with Crippen LogP contribution in [-0.4, -0.2) is 5.71 Å². The van der Waals surface area contributed by atoms with Gasteiger partial charge >= 0.3 is 0 Å². The molecular weight excluding hydrogens is 270 g/mol. The van der Waals surface area contributed by atoms with Crippen molar-refractivity contribution < 1.29 is 0 Å². The Kier molecular flexibility index (Phi) is 4.81. The molecule has 104 valence electrons. The average molecular weight is 288 g/mol. The van der Waals surface area contributed by atoms with Crippen molar-refractivity contribution in [3.05, 3.63) is 40.6 Å². The smallest absolute Gasteiger partial charge is 0.0647 e. The number of aliphatic imine (C=N–C) groups is 1. The van der Waals surface area contributed by atoms with Gasteiger partial charge in [0.1, 0.15) is 0 Å². The lowest BCUT2D eigenvalue weighted by Gasteiger charge is -2.05. The van der Waals surface area contributed by atoms with Gasteiger partial charge in [-0.15, -0.1) is 0 Å². The predicted octanol–water partition coefficient (Wildman–Crippen LogP) is 4.36. The molecule has 0 aromatic heterocycles. The minimum absolute atomic E-state index is 0.332. The van der Waals surface area contributed by atoms with Crippen LogP contribution in [0, 0.1) is 17.2 Å². The highest BCUT2D eigenvalue weighted by Gasteiger charge is 2.27. The van der Waals surface area contributed by atoms with Gasteiger partial charge in [-0.2, -0.15) is 5.26 Å². The number of benzene rings is 1. The van der Waals surface area contributed by atoms with Gasteiger partial charge in [0.25, 0.3) is 0 Å². The second-order valence-electron chi connectivity index (χ2n) is 5.03. The van der Waals surface area contributed by atoms with Crippen LogP contribution >= 0.6 is 11.6 Å². The first kappa shape index (κ1) is 14.6. The van der Waals surface area contributed by atoms with Gasteiger partial charge < -0.3 is 5.73 Å². The molecule has 0 amide bonds. The van der Waals surface area contributed by atoms with E-state index in [2.05, 4.69) is 11.1 Å². The minimum atomic E-state index is 0.332. The molecule has 1 saturated carbocycles. The molecule has 0 heterocycles. The van der Waals surface area contributed by atoms with E-state index >= 15 is 0 Å². The fraction of sp³-hybridized carbons (Fsp3) is 0.375. The van der Waals surface area contributed by atoms with Crippen LogP contribution < -0.4 is 5.73 Å². The average Bonchev–Trinajstić information content (AvgIpc) is 2.81. The van der Waals surface area contributed by atoms with E-state index in [1.54, 1.807) is 0 Å². The topological polar surface area (TPSA) is 62.2 Å². The molecule has 1 unspecified atom stereocenters. The lowest BCUT2D eigenvalue weighted by molar-refractivity contribution is 0.595. The molecule has 2 N–H and O–H groups in total. The number of halogens is 1. The Morgan fingerprint density at radius 3 is 2.95 bits per heavy atom. The fourth-order valence-electron chi connectivity index (χ4n) is 2.49. The second-order valence-corrected chi connectivity index (χ2v) is 5.47. The van der Waals surface area contributed by atoms with Crippen molar-refractivity contribution in [2.45, 2.75) is 32.6 Å². The maximum Gasteiger partial charge on any atom is 0.0647 e. The molecule has 3 nitrogen and oxygen atoms in total. The first-order chi connectivity index (χ1) is 9.63. The quantitative estimate of drug-likeness (QED) is 0.898. The number of nitrogens with two attached hydrogens (primary N) is 1. The normalized spacial score (nSPS) is 22.9. The summed E-state index contributed by atoms with van der Waals surface area (Å²) in [4.78, 5) is 4.69. The zero-order chi connectivity index (χ0) is 14.5. The molecule has 0 saturated heterocycles. The van der Waals surface area contributed by atoms with Crippen LogP contribution in [0.15, 0.2) is 40.5 Å². The van der Waals surface area contributed by atoms with E-state index in [4.69, 9.17) is 22.6 Å². The molecule has 0 radical (unpaired) electrons. The number of nitrogens with zero attached hydrogens (tertiary/aromatic N) is 2. The van der Waals surface area contributed by atoms with Gasteiger partial charge in [-0.25, -0.2) is 0 Å². The van der Waals surface area contributed by atoms with Gasteiger partial charge in [0.2, 0.25) is 0 Å². The zero-order valence-corrected chi connectivity index (χ0v) is 12.3. The summed E-state index contributed by atoms with van der Waals surface area (Å²) in [6, 6.07) is 9.72. The number of allylic oxidation sites excluding steroid dienone is 2. The van der Waals surface area contributed by atoms with Crippen molar-refractivity contribution in [1.29, 1.82) is 5.26 Å². The van der Waals surface area contributed by atoms with Gasteiger partial charge in [-0.1, -0.05) is 24.6 Å². The Bertz CT molecular complexity index is 596. The lowest BCUT2D eigenvalue weighted by atomic mass is 10.0. The highest BCUT2D eigenvalue weighted by atomic mass is 35.5. The number of rotatable bonds is 3. The molecule has 1 aromatic carbocycles. The van der Waals surface area contributed by atoms with Crippen molar-refractivity contribution in [2.24, 2.45) is 16.6 Å². The molecular formula is C16H18ClN3. The summed E-state index contributed by atoms with van der Waals surface area (Å²) in [5.74, 6) is 0.332. The standard InChI is InChI=1S/C16H18ClN3/c1-2-15(19)14-8-11(6-7-18)9-16(14)20-13-5-3-4-12(17)10-13/h3-5,10-11H,2,6,8-9,19H2,1H3/b15-14-,20-16?. The van der Waals surface area contributed by atoms with E-state index in [0.29, 0.717) is 17.4 Å². The molecule has 1 aromatic rings. The summed E-state index contributed by atoms with van der Waals surface area (Å²) in [5.41, 5.74) is 9.95. The molecule has 1 atom stereocenters. The maximum atomic E-state index is 8.87. The van der Waals surface area contributed by atoms with Crippen LogP contribution in [0.5, 0.6) is 0 Å². The van der Waals surface area contributed by atoms with Gasteiger partial charge in [0.15, 0.2) is 0 Å². The summed E-state index contributed by atoms with van der Waals surface area (Å²) in [6.45, 7) is 2.04. The van der Waals surface area contributed by atoms with Crippen molar-refractivity contribution >= 4 is 23.0 Å². The number of nitriles is 1. The van der Waals surface area contributed by atoms with E-state index < -0.39 is 0 Å². The van der Waals surface area contributed by atoms with Crippen LogP contribution in [-0.2, 0) is 0 Å². The van der Waals surface area contributed by atoms with E-state index in [1.165, 1.54) is 0 Å². The molecule has 1 aliphatic rings. The van der Waals surface area contributed by atoms with Crippen LogP contribution in [0.2, 0.25) is 5.02 Å². The summed E-state index contributed by atoms with van der Waals surface area (Å²) in [5, 5.41) is 9.54. The van der Waals surface area contributed by atoms with Crippen LogP contribution in [0.4, 0.5) is 5.69 Å². The highest BCUT2D eigenvalue weighted by Crippen LogP contribution is 2.34. The second kappa shape index (κ2) is 6.58. The van der Waals surface area contributed by atoms with Gasteiger partial charge in [-0.3, -0.25) is 4.99 Å². The summed E-state index contributed by atoms with van der Waals surface area (Å²) in [6.07, 6.45) is 3.03. The van der Waals surface area contributed by atoms with Crippen molar-refractivity contribution in [3.63, 3.8) is 0 Å². The Balaban J connectivity index is 2.35. The maximum absolute atomic E-state index is 8.87. The monoisotopic (exact) mass is 287 g/mol. The first-order valence-electron chi connectivity index (χ1n) is 6.82. The van der Waals surface area contributed by atoms with Gasteiger partial charge in [0, 0.05) is 22.9 Å². The van der Waals surface area contributed by atoms with E-state index in [-0.39, 0.29) is 0 Å². The van der Waals surface area contributed by atoms with Crippen LogP contribution in [0.1, 0.15) is 32.6 Å². The van der Waals surface area contributed by atoms with Crippen LogP contribution in [0.25, 0.3) is 0 Å². The van der Waals surface area contributed by atoms with Gasteiger partial charge in [-0.05, 0) is 49.0 Å². The molecule has 0 bridgehead atoms. The van der Waals surface area contributed by atoms with Crippen LogP contribution in [0.3, 0.4) is 0 Å². The van der Waals surface area contributed by atoms with E-state index in [0.717, 1.165) is 41.9 Å². The SMILES string of the molecule is CC/C(N)=C1\CC(CC#N)CC1=Nc1cccc(Cl)c1. The predicted molar refractivity (Wildman–Crippen MR) is 83.0 cm³/mol. The molecule has 0 spiro atoms. The molecule has 0 aliphatic heterocycles. The fourth-order valence-corrected chi connectivity index (χ4v) is 2.68. The molecule has 4 heteroatoms. The van der Waals surface area contributed by atoms with Crippen molar-refractivity contribution in [1.82, 2.24) is 0 Å². The minimum Gasteiger partial charge on any atom is -0.402 e. The molecule has 1 fully saturated rings. The Morgan fingerprint density at radius 2 is 2.30 bits per heavy atom. The first-order valence-corrected chi connectivity index (χ1v) is 7.19. The van der Waals surface area contributed by atoms with E-state index in [1.807, 2.05) is 31.2 Å². The third kappa shape index (κ3) is 3.40. The lowest BCUT2D eigenvalue weighted by Crippen LogP contribution is -2.05. The Labute approximate surface area is 124 Å². The Morgan fingerprint density at radius 1 is 1.50 bits per heavy atom. The molecule has 2 rings (SSSR count).